The minimum Gasteiger partial charge on any atom is -0.462 e. The highest BCUT2D eigenvalue weighted by atomic mass is 31.2. The third-order valence-corrected chi connectivity index (χ3v) is 9.96. The monoisotopic (exact) mass is 782 g/mol. The first kappa shape index (κ1) is 52.0. The largest absolute Gasteiger partial charge is 0.472 e. The summed E-state index contributed by atoms with van der Waals surface area (Å²) in [6.45, 7) is 3.58. The van der Waals surface area contributed by atoms with Crippen LogP contribution in [0.2, 0.25) is 0 Å². The molecule has 10 heteroatoms. The maximum Gasteiger partial charge on any atom is 0.472 e. The van der Waals surface area contributed by atoms with Crippen LogP contribution >= 0.6 is 7.82 Å². The molecule has 0 spiro atoms. The number of hydrogen-bond acceptors (Lipinski definition) is 8. The maximum atomic E-state index is 12.6. The number of carbonyl (C=O) groups is 2. The van der Waals surface area contributed by atoms with Crippen LogP contribution < -0.4 is 5.73 Å². The fourth-order valence-electron chi connectivity index (χ4n) is 5.80. The Labute approximate surface area is 330 Å². The average Bonchev–Trinajstić information content (AvgIpc) is 3.16. The van der Waals surface area contributed by atoms with Gasteiger partial charge in [-0.25, -0.2) is 4.57 Å². The van der Waals surface area contributed by atoms with Gasteiger partial charge in [-0.15, -0.1) is 0 Å². The van der Waals surface area contributed by atoms with Crippen molar-refractivity contribution in [1.82, 2.24) is 0 Å². The molecule has 0 saturated heterocycles. The minimum absolute atomic E-state index is 0.0529. The lowest BCUT2D eigenvalue weighted by Crippen LogP contribution is -2.29. The van der Waals surface area contributed by atoms with Gasteiger partial charge in [0.25, 0.3) is 0 Å². The first-order chi connectivity index (χ1) is 26.3. The number of esters is 2. The van der Waals surface area contributed by atoms with Gasteiger partial charge < -0.3 is 20.1 Å². The first-order valence-corrected chi connectivity index (χ1v) is 23.1. The molecule has 0 bridgehead atoms. The van der Waals surface area contributed by atoms with Crippen LogP contribution in [0.4, 0.5) is 0 Å². The molecule has 0 aliphatic carbocycles. The van der Waals surface area contributed by atoms with E-state index in [1.807, 2.05) is 0 Å². The third-order valence-electron chi connectivity index (χ3n) is 8.98. The Morgan fingerprint density at radius 1 is 0.574 bits per heavy atom. The van der Waals surface area contributed by atoms with E-state index in [0.717, 1.165) is 64.2 Å². The third kappa shape index (κ3) is 39.7. The smallest absolute Gasteiger partial charge is 0.462 e. The van der Waals surface area contributed by atoms with Gasteiger partial charge in [0, 0.05) is 19.4 Å². The summed E-state index contributed by atoms with van der Waals surface area (Å²) in [7, 11) is -4.37. The second-order valence-corrected chi connectivity index (χ2v) is 15.6. The quantitative estimate of drug-likeness (QED) is 0.0269. The molecule has 2 unspecified atom stereocenters. The predicted octanol–water partition coefficient (Wildman–Crippen LogP) is 12.3. The van der Waals surface area contributed by atoms with E-state index in [4.69, 9.17) is 24.3 Å². The van der Waals surface area contributed by atoms with Crippen molar-refractivity contribution in [1.29, 1.82) is 0 Å². The van der Waals surface area contributed by atoms with E-state index >= 15 is 0 Å². The molecule has 0 saturated carbocycles. The molecule has 3 N–H and O–H groups in total. The average molecular weight is 782 g/mol. The van der Waals surface area contributed by atoms with E-state index in [-0.39, 0.29) is 38.6 Å². The van der Waals surface area contributed by atoms with Crippen molar-refractivity contribution in [2.45, 2.75) is 193 Å². The van der Waals surface area contributed by atoms with Crippen LogP contribution in [0.5, 0.6) is 0 Å². The Morgan fingerprint density at radius 3 is 1.52 bits per heavy atom. The highest BCUT2D eigenvalue weighted by Gasteiger charge is 2.26. The molecule has 2 atom stereocenters. The molecular formula is C44H80NO8P. The summed E-state index contributed by atoms with van der Waals surface area (Å²) in [5.41, 5.74) is 5.33. The number of phosphoric ester groups is 1. The molecule has 314 valence electrons. The van der Waals surface area contributed by atoms with Gasteiger partial charge in [-0.3, -0.25) is 18.6 Å². The Morgan fingerprint density at radius 2 is 1.02 bits per heavy atom. The van der Waals surface area contributed by atoms with Crippen molar-refractivity contribution in [2.24, 2.45) is 5.73 Å². The highest BCUT2D eigenvalue weighted by molar-refractivity contribution is 7.47. The number of unbranched alkanes of at least 4 members (excludes halogenated alkanes) is 19. The second-order valence-electron chi connectivity index (χ2n) is 14.2. The second kappa shape index (κ2) is 40.6. The van der Waals surface area contributed by atoms with Gasteiger partial charge in [0.2, 0.25) is 0 Å². The summed E-state index contributed by atoms with van der Waals surface area (Å²) in [5, 5.41) is 0. The molecule has 9 nitrogen and oxygen atoms in total. The van der Waals surface area contributed by atoms with E-state index in [1.165, 1.54) is 89.9 Å². The lowest BCUT2D eigenvalue weighted by molar-refractivity contribution is -0.161. The zero-order chi connectivity index (χ0) is 39.6. The molecule has 0 aromatic heterocycles. The van der Waals surface area contributed by atoms with Crippen molar-refractivity contribution in [3.8, 4) is 0 Å². The number of nitrogens with two attached hydrogens (primary N) is 1. The van der Waals surface area contributed by atoms with Crippen molar-refractivity contribution in [2.75, 3.05) is 26.4 Å². The standard InChI is InChI=1S/C44H80NO8P/c1-3-5-7-9-11-13-14-15-16-17-18-19-20-21-22-23-24-25-26-27-28-29-31-33-35-37-44(47)53-42(41-52-54(48,49)51-39-38-45)40-50-43(46)36-34-32-30-12-10-8-6-4-2/h5,7,11,13,15-16,18-19,42H,3-4,6,8-10,12,14,17,20-41,45H2,1-2H3,(H,48,49)/b7-5-,13-11-,16-15-,19-18-. The number of hydrogen-bond donors (Lipinski definition) is 2. The summed E-state index contributed by atoms with van der Waals surface area (Å²) in [5.74, 6) is -0.834. The van der Waals surface area contributed by atoms with Crippen LogP contribution in [0.3, 0.4) is 0 Å². The van der Waals surface area contributed by atoms with Crippen LogP contribution in [0.25, 0.3) is 0 Å². The highest BCUT2D eigenvalue weighted by Crippen LogP contribution is 2.43. The first-order valence-electron chi connectivity index (χ1n) is 21.6. The molecular weight excluding hydrogens is 701 g/mol. The number of rotatable bonds is 40. The fourth-order valence-corrected chi connectivity index (χ4v) is 6.57. The molecule has 0 radical (unpaired) electrons. The number of ether oxygens (including phenoxy) is 2. The summed E-state index contributed by atoms with van der Waals surface area (Å²) in [6.07, 6.45) is 45.9. The van der Waals surface area contributed by atoms with Crippen molar-refractivity contribution in [3.63, 3.8) is 0 Å². The summed E-state index contributed by atoms with van der Waals surface area (Å²) >= 11 is 0. The Hall–Kier alpha value is -2.03. The molecule has 0 rings (SSSR count). The Bertz CT molecular complexity index is 1030. The predicted molar refractivity (Wildman–Crippen MR) is 224 cm³/mol. The minimum atomic E-state index is -4.37. The van der Waals surface area contributed by atoms with E-state index in [1.54, 1.807) is 0 Å². The summed E-state index contributed by atoms with van der Waals surface area (Å²) in [4.78, 5) is 34.7. The SMILES string of the molecule is CC/C=C\C/C=C\C/C=C\C/C=C\CCCCCCCCCCCCCCC(=O)OC(COC(=O)CCCCCCCCCC)COP(=O)(O)OCCN. The van der Waals surface area contributed by atoms with Gasteiger partial charge >= 0.3 is 19.8 Å². The van der Waals surface area contributed by atoms with Gasteiger partial charge in [-0.05, 0) is 51.4 Å². The van der Waals surface area contributed by atoms with E-state index < -0.39 is 26.5 Å². The van der Waals surface area contributed by atoms with Crippen molar-refractivity contribution < 1.29 is 37.6 Å². The molecule has 0 heterocycles. The molecule has 0 fully saturated rings. The van der Waals surface area contributed by atoms with E-state index in [2.05, 4.69) is 62.5 Å². The Balaban J connectivity index is 3.99. The van der Waals surface area contributed by atoms with Crippen LogP contribution in [-0.4, -0.2) is 49.3 Å². The van der Waals surface area contributed by atoms with Crippen LogP contribution in [0, 0.1) is 0 Å². The molecule has 54 heavy (non-hydrogen) atoms. The van der Waals surface area contributed by atoms with Gasteiger partial charge in [-0.2, -0.15) is 0 Å². The van der Waals surface area contributed by atoms with Gasteiger partial charge in [0.05, 0.1) is 13.2 Å². The fraction of sp³-hybridized carbons (Fsp3) is 0.773. The summed E-state index contributed by atoms with van der Waals surface area (Å²) < 4.78 is 32.7. The molecule has 0 aliphatic rings. The molecule has 0 amide bonds. The number of phosphoric acid groups is 1. The molecule has 0 aromatic rings. The Kier molecular flexibility index (Phi) is 39.1. The van der Waals surface area contributed by atoms with Crippen molar-refractivity contribution in [3.05, 3.63) is 48.6 Å². The molecule has 0 aliphatic heterocycles. The maximum absolute atomic E-state index is 12.6. The van der Waals surface area contributed by atoms with Gasteiger partial charge in [0.1, 0.15) is 6.61 Å². The van der Waals surface area contributed by atoms with Crippen molar-refractivity contribution >= 4 is 19.8 Å². The summed E-state index contributed by atoms with van der Waals surface area (Å²) in [6, 6.07) is 0. The van der Waals surface area contributed by atoms with Crippen LogP contribution in [0.15, 0.2) is 48.6 Å². The number of carbonyl (C=O) groups excluding carboxylic acids is 2. The zero-order valence-corrected chi connectivity index (χ0v) is 35.3. The lowest BCUT2D eigenvalue weighted by atomic mass is 10.0. The van der Waals surface area contributed by atoms with E-state index in [9.17, 15) is 19.0 Å². The lowest BCUT2D eigenvalue weighted by Gasteiger charge is -2.19. The zero-order valence-electron chi connectivity index (χ0n) is 34.4. The topological polar surface area (TPSA) is 134 Å². The molecule has 0 aromatic carbocycles. The van der Waals surface area contributed by atoms with Crippen LogP contribution in [0.1, 0.15) is 187 Å². The van der Waals surface area contributed by atoms with Gasteiger partial charge in [-0.1, -0.05) is 172 Å². The van der Waals surface area contributed by atoms with Gasteiger partial charge in [0.15, 0.2) is 6.10 Å². The number of allylic oxidation sites excluding steroid dienone is 8. The van der Waals surface area contributed by atoms with E-state index in [0.29, 0.717) is 6.42 Å². The normalized spacial score (nSPS) is 13.8. The van der Waals surface area contributed by atoms with Crippen LogP contribution in [-0.2, 0) is 32.7 Å².